The highest BCUT2D eigenvalue weighted by Gasteiger charge is 2.39. The molecule has 1 aromatic rings. The highest BCUT2D eigenvalue weighted by molar-refractivity contribution is 8.47. The zero-order chi connectivity index (χ0) is 25.9. The van der Waals surface area contributed by atoms with E-state index in [0.29, 0.717) is 18.7 Å². The smallest absolute Gasteiger partial charge is 0.419 e. The molecule has 3 N–H and O–H groups in total. The predicted molar refractivity (Wildman–Crippen MR) is 135 cm³/mol. The van der Waals surface area contributed by atoms with Gasteiger partial charge in [-0.3, -0.25) is 14.7 Å². The summed E-state index contributed by atoms with van der Waals surface area (Å²) in [5.41, 5.74) is 3.70. The highest BCUT2D eigenvalue weighted by Crippen LogP contribution is 2.69. The number of alkyl halides is 3. The molecule has 2 atom stereocenters. The fraction of sp³-hybridized carbons (Fsp3) is 0.500. The second-order valence-electron chi connectivity index (χ2n) is 8.92. The molecule has 8 nitrogen and oxygen atoms in total. The number of likely N-dealkylation sites (tertiary alicyclic amines) is 1. The second-order valence-corrected chi connectivity index (χ2v) is 11.8. The van der Waals surface area contributed by atoms with Gasteiger partial charge in [0.1, 0.15) is 11.9 Å². The molecule has 4 rings (SSSR count). The average molecular weight is 528 g/mol. The fourth-order valence-corrected chi connectivity index (χ4v) is 6.45. The Morgan fingerprint density at radius 3 is 2.67 bits per heavy atom. The standard InChI is InChI=1S/C24H32F3N5O3S/c1-4-35-23(33)16-7-9-32(10-8-16)22-14-28-18(12-29-22)13-30-31-36(3)15-21(36)17-5-6-20(34-2)19(11-17)24(25,26)27/h5-6,11-12,14-16,22,29-31H,4,7-10,13H2,1-3H3. The maximum Gasteiger partial charge on any atom is 0.419 e. The van der Waals surface area contributed by atoms with Gasteiger partial charge < -0.3 is 14.8 Å². The first-order valence-corrected chi connectivity index (χ1v) is 13.9. The van der Waals surface area contributed by atoms with Gasteiger partial charge in [-0.25, -0.2) is 10.3 Å². The number of hydrazine groups is 1. The Morgan fingerprint density at radius 1 is 1.31 bits per heavy atom. The summed E-state index contributed by atoms with van der Waals surface area (Å²) in [6, 6.07) is 4.14. The number of nitrogens with zero attached hydrogens (tertiary/aromatic N) is 2. The Kier molecular flexibility index (Phi) is 7.98. The van der Waals surface area contributed by atoms with Crippen LogP contribution in [-0.4, -0.2) is 62.9 Å². The Morgan fingerprint density at radius 2 is 2.06 bits per heavy atom. The second kappa shape index (κ2) is 10.8. The summed E-state index contributed by atoms with van der Waals surface area (Å²) in [5.74, 6) is -0.336. The van der Waals surface area contributed by atoms with Crippen molar-refractivity contribution in [1.82, 2.24) is 20.5 Å². The maximum atomic E-state index is 13.4. The van der Waals surface area contributed by atoms with E-state index in [1.165, 1.54) is 13.2 Å². The molecule has 12 heteroatoms. The molecule has 0 aliphatic carbocycles. The van der Waals surface area contributed by atoms with E-state index < -0.39 is 22.0 Å². The predicted octanol–water partition coefficient (Wildman–Crippen LogP) is 3.59. The molecule has 1 saturated heterocycles. The average Bonchev–Trinajstić information content (AvgIpc) is 3.54. The summed E-state index contributed by atoms with van der Waals surface area (Å²) in [6.07, 6.45) is 2.70. The van der Waals surface area contributed by atoms with Crippen molar-refractivity contribution in [2.24, 2.45) is 10.9 Å². The molecule has 198 valence electrons. The lowest BCUT2D eigenvalue weighted by Gasteiger charge is -2.36. The zero-order valence-electron chi connectivity index (χ0n) is 20.5. The third-order valence-corrected chi connectivity index (χ3v) is 8.72. The summed E-state index contributed by atoms with van der Waals surface area (Å²) >= 11 is 0. The molecular weight excluding hydrogens is 495 g/mol. The summed E-state index contributed by atoms with van der Waals surface area (Å²) in [7, 11) is -0.287. The first-order valence-electron chi connectivity index (χ1n) is 11.8. The molecule has 1 aromatic carbocycles. The van der Waals surface area contributed by atoms with Crippen molar-refractivity contribution >= 4 is 27.3 Å². The van der Waals surface area contributed by atoms with Crippen molar-refractivity contribution in [3.8, 4) is 5.75 Å². The van der Waals surface area contributed by atoms with Crippen molar-refractivity contribution in [1.29, 1.82) is 0 Å². The van der Waals surface area contributed by atoms with Crippen LogP contribution in [0, 0.1) is 5.92 Å². The molecule has 36 heavy (non-hydrogen) atoms. The van der Waals surface area contributed by atoms with Gasteiger partial charge in [-0.1, -0.05) is 6.07 Å². The van der Waals surface area contributed by atoms with E-state index in [4.69, 9.17) is 9.47 Å². The van der Waals surface area contributed by atoms with Gasteiger partial charge in [0.05, 0.1) is 37.4 Å². The minimum atomic E-state index is -4.48. The number of aliphatic imine (C=N–C) groups is 1. The number of hydrogen-bond donors (Lipinski definition) is 3. The first-order chi connectivity index (χ1) is 17.1. The monoisotopic (exact) mass is 527 g/mol. The summed E-state index contributed by atoms with van der Waals surface area (Å²) in [4.78, 5) is 22.8. The number of carbonyl (C=O) groups is 1. The van der Waals surface area contributed by atoms with Crippen molar-refractivity contribution < 1.29 is 27.4 Å². The molecule has 0 saturated carbocycles. The van der Waals surface area contributed by atoms with Crippen LogP contribution in [0.5, 0.6) is 5.75 Å². The Balaban J connectivity index is 1.22. The zero-order valence-corrected chi connectivity index (χ0v) is 21.3. The third kappa shape index (κ3) is 6.05. The Labute approximate surface area is 210 Å². The molecule has 0 bridgehead atoms. The number of methoxy groups -OCH3 is 1. The largest absolute Gasteiger partial charge is 0.496 e. The molecule has 0 spiro atoms. The molecule has 0 radical (unpaired) electrons. The highest BCUT2D eigenvalue weighted by atomic mass is 32.3. The van der Waals surface area contributed by atoms with E-state index in [9.17, 15) is 18.0 Å². The molecule has 3 heterocycles. The van der Waals surface area contributed by atoms with Crippen LogP contribution < -0.4 is 20.3 Å². The topological polar surface area (TPSA) is 87.2 Å². The van der Waals surface area contributed by atoms with E-state index in [-0.39, 0.29) is 23.8 Å². The van der Waals surface area contributed by atoms with E-state index in [1.54, 1.807) is 6.07 Å². The van der Waals surface area contributed by atoms with Crippen molar-refractivity contribution in [3.05, 3.63) is 46.6 Å². The molecule has 3 aliphatic heterocycles. The lowest BCUT2D eigenvalue weighted by Crippen LogP contribution is -2.50. The van der Waals surface area contributed by atoms with Gasteiger partial charge in [0.25, 0.3) is 0 Å². The summed E-state index contributed by atoms with van der Waals surface area (Å²) < 4.78 is 50.1. The number of benzene rings is 1. The van der Waals surface area contributed by atoms with E-state index in [0.717, 1.165) is 42.6 Å². The van der Waals surface area contributed by atoms with Crippen LogP contribution in [0.1, 0.15) is 30.9 Å². The first kappa shape index (κ1) is 26.5. The van der Waals surface area contributed by atoms with Crippen LogP contribution >= 0.6 is 10.2 Å². The van der Waals surface area contributed by atoms with Crippen molar-refractivity contribution in [2.75, 3.05) is 39.6 Å². The van der Waals surface area contributed by atoms with Gasteiger partial charge >= 0.3 is 12.1 Å². The minimum Gasteiger partial charge on any atom is -0.496 e. The number of nitrogens with one attached hydrogen (secondary N) is 3. The fourth-order valence-electron chi connectivity index (χ4n) is 4.34. The number of halogens is 3. The summed E-state index contributed by atoms with van der Waals surface area (Å²) in [5, 5.41) is 5.30. The van der Waals surface area contributed by atoms with Gasteiger partial charge in [-0.2, -0.15) is 13.2 Å². The minimum absolute atomic E-state index is 0.0254. The molecule has 1 fully saturated rings. The van der Waals surface area contributed by atoms with Gasteiger partial charge in [0, 0.05) is 30.4 Å². The van der Waals surface area contributed by atoms with Crippen LogP contribution in [0.4, 0.5) is 13.2 Å². The van der Waals surface area contributed by atoms with Gasteiger partial charge in [0.15, 0.2) is 0 Å². The quantitative estimate of drug-likeness (QED) is 0.334. The maximum absolute atomic E-state index is 13.4. The van der Waals surface area contributed by atoms with E-state index in [1.807, 2.05) is 31.0 Å². The van der Waals surface area contributed by atoms with Crippen molar-refractivity contribution in [3.63, 3.8) is 0 Å². The van der Waals surface area contributed by atoms with Crippen molar-refractivity contribution in [2.45, 2.75) is 32.1 Å². The van der Waals surface area contributed by atoms with E-state index >= 15 is 0 Å². The SMILES string of the molecule is CCOC(=O)C1CCN(C2C=NC(CNNS3(C)C=C3c3ccc(OC)c(C(F)(F)F)c3)=CN2)CC1. The molecule has 2 unspecified atom stereocenters. The number of piperidine rings is 1. The Hall–Kier alpha value is -2.54. The lowest BCUT2D eigenvalue weighted by molar-refractivity contribution is -0.149. The number of rotatable bonds is 9. The number of hydrogen-bond acceptors (Lipinski definition) is 8. The molecular formula is C24H32F3N5O3S. The number of esters is 1. The normalized spacial score (nSPS) is 26.3. The summed E-state index contributed by atoms with van der Waals surface area (Å²) in [6.45, 7) is 4.24. The van der Waals surface area contributed by atoms with Gasteiger partial charge in [0.2, 0.25) is 0 Å². The third-order valence-electron chi connectivity index (χ3n) is 6.43. The number of carbonyl (C=O) groups excluding carboxylic acids is 1. The van der Waals surface area contributed by atoms with Gasteiger partial charge in [-0.05, 0) is 49.1 Å². The lowest BCUT2D eigenvalue weighted by atomic mass is 9.96. The number of ether oxygens (including phenoxy) is 2. The van der Waals surface area contributed by atoms with Gasteiger partial charge in [-0.15, -0.1) is 10.2 Å². The Bertz CT molecular complexity index is 1070. The van der Waals surface area contributed by atoms with Crippen LogP contribution in [0.25, 0.3) is 4.91 Å². The van der Waals surface area contributed by atoms with Crippen LogP contribution in [0.15, 0.2) is 40.5 Å². The molecule has 0 aromatic heterocycles. The molecule has 3 aliphatic rings. The van der Waals surface area contributed by atoms with Crippen LogP contribution in [0.3, 0.4) is 0 Å². The van der Waals surface area contributed by atoms with E-state index in [2.05, 4.69) is 25.5 Å². The van der Waals surface area contributed by atoms with Crippen LogP contribution in [-0.2, 0) is 15.7 Å². The molecule has 0 amide bonds. The van der Waals surface area contributed by atoms with Crippen LogP contribution in [0.2, 0.25) is 0 Å².